The van der Waals surface area contributed by atoms with Crippen LogP contribution in [0.25, 0.3) is 0 Å². The summed E-state index contributed by atoms with van der Waals surface area (Å²) in [4.78, 5) is 37.9. The largest absolute Gasteiger partial charge is 0.462 e. The lowest BCUT2D eigenvalue weighted by Crippen LogP contribution is -2.30. The Balaban J connectivity index is 4.33. The van der Waals surface area contributed by atoms with Crippen LogP contribution in [0.4, 0.5) is 0 Å². The number of hydrogen-bond acceptors (Lipinski definition) is 6. The number of ether oxygens (including phenoxy) is 3. The van der Waals surface area contributed by atoms with Crippen LogP contribution in [-0.2, 0) is 28.6 Å². The second kappa shape index (κ2) is 44.9. The normalized spacial score (nSPS) is 12.5. The molecule has 0 rings (SSSR count). The Hall–Kier alpha value is -1.59. The van der Waals surface area contributed by atoms with Gasteiger partial charge in [0.1, 0.15) is 13.2 Å². The van der Waals surface area contributed by atoms with Crippen LogP contribution in [0.2, 0.25) is 0 Å². The molecule has 0 aromatic rings. The molecule has 0 saturated heterocycles. The van der Waals surface area contributed by atoms with Gasteiger partial charge >= 0.3 is 17.9 Å². The van der Waals surface area contributed by atoms with Crippen LogP contribution in [0, 0.1) is 11.8 Å². The molecule has 0 radical (unpaired) electrons. The summed E-state index contributed by atoms with van der Waals surface area (Å²) in [5.41, 5.74) is 0. The minimum atomic E-state index is -0.762. The van der Waals surface area contributed by atoms with E-state index in [1.807, 2.05) is 0 Å². The van der Waals surface area contributed by atoms with Crippen molar-refractivity contribution in [2.75, 3.05) is 13.2 Å². The zero-order valence-corrected chi connectivity index (χ0v) is 39.7. The van der Waals surface area contributed by atoms with Crippen molar-refractivity contribution in [1.82, 2.24) is 0 Å². The highest BCUT2D eigenvalue weighted by Crippen LogP contribution is 2.18. The maximum atomic E-state index is 12.8. The highest BCUT2D eigenvalue weighted by Gasteiger charge is 2.19. The van der Waals surface area contributed by atoms with Crippen molar-refractivity contribution in [1.29, 1.82) is 0 Å². The van der Waals surface area contributed by atoms with Gasteiger partial charge in [-0.1, -0.05) is 247 Å². The smallest absolute Gasteiger partial charge is 0.306 e. The van der Waals surface area contributed by atoms with Gasteiger partial charge in [0.25, 0.3) is 0 Å². The van der Waals surface area contributed by atoms with E-state index in [0.717, 1.165) is 69.6 Å². The first-order chi connectivity index (χ1) is 28.3. The molecule has 0 aromatic carbocycles. The second-order valence-corrected chi connectivity index (χ2v) is 18.5. The van der Waals surface area contributed by atoms with Crippen molar-refractivity contribution in [3.05, 3.63) is 0 Å². The van der Waals surface area contributed by atoms with Crippen molar-refractivity contribution in [3.63, 3.8) is 0 Å². The summed E-state index contributed by atoms with van der Waals surface area (Å²) in [7, 11) is 0. The van der Waals surface area contributed by atoms with Gasteiger partial charge in [-0.25, -0.2) is 0 Å². The first kappa shape index (κ1) is 56.4. The number of carbonyl (C=O) groups excluding carboxylic acids is 3. The van der Waals surface area contributed by atoms with Crippen molar-refractivity contribution >= 4 is 17.9 Å². The van der Waals surface area contributed by atoms with E-state index in [1.54, 1.807) is 0 Å². The molecule has 0 amide bonds. The fourth-order valence-electron chi connectivity index (χ4n) is 7.78. The Morgan fingerprint density at radius 3 is 0.983 bits per heavy atom. The number of rotatable bonds is 46. The molecule has 0 aromatic heterocycles. The van der Waals surface area contributed by atoms with Gasteiger partial charge in [0.05, 0.1) is 0 Å². The highest BCUT2D eigenvalue weighted by atomic mass is 16.6. The van der Waals surface area contributed by atoms with Gasteiger partial charge < -0.3 is 14.2 Å². The van der Waals surface area contributed by atoms with E-state index < -0.39 is 6.10 Å². The summed E-state index contributed by atoms with van der Waals surface area (Å²) in [5, 5.41) is 0. The van der Waals surface area contributed by atoms with Gasteiger partial charge in [0, 0.05) is 19.3 Å². The Kier molecular flexibility index (Phi) is 43.7. The predicted molar refractivity (Wildman–Crippen MR) is 247 cm³/mol. The number of esters is 3. The van der Waals surface area contributed by atoms with E-state index in [1.165, 1.54) is 173 Å². The Morgan fingerprint density at radius 1 is 0.362 bits per heavy atom. The van der Waals surface area contributed by atoms with E-state index in [0.29, 0.717) is 19.3 Å². The number of carbonyl (C=O) groups is 3. The lowest BCUT2D eigenvalue weighted by Gasteiger charge is -2.18. The molecule has 0 aliphatic heterocycles. The fraction of sp³-hybridized carbons (Fsp3) is 0.942. The van der Waals surface area contributed by atoms with Crippen LogP contribution in [0.3, 0.4) is 0 Å². The molecule has 0 aliphatic carbocycles. The van der Waals surface area contributed by atoms with Gasteiger partial charge in [-0.2, -0.15) is 0 Å². The van der Waals surface area contributed by atoms with E-state index in [2.05, 4.69) is 34.6 Å². The van der Waals surface area contributed by atoms with Gasteiger partial charge in [-0.05, 0) is 31.1 Å². The third-order valence-electron chi connectivity index (χ3n) is 12.1. The minimum absolute atomic E-state index is 0.0641. The number of hydrogen-bond donors (Lipinski definition) is 0. The average molecular weight is 821 g/mol. The lowest BCUT2D eigenvalue weighted by atomic mass is 9.99. The summed E-state index contributed by atoms with van der Waals surface area (Å²) in [6.45, 7) is 11.4. The topological polar surface area (TPSA) is 78.9 Å². The maximum absolute atomic E-state index is 12.8. The van der Waals surface area contributed by atoms with Crippen LogP contribution >= 0.6 is 0 Å². The molecular weight excluding hydrogens is 721 g/mol. The molecule has 344 valence electrons. The van der Waals surface area contributed by atoms with E-state index in [-0.39, 0.29) is 31.1 Å². The third kappa shape index (κ3) is 44.0. The summed E-state index contributed by atoms with van der Waals surface area (Å²) >= 11 is 0. The van der Waals surface area contributed by atoms with Crippen molar-refractivity contribution < 1.29 is 28.6 Å². The minimum Gasteiger partial charge on any atom is -0.462 e. The lowest BCUT2D eigenvalue weighted by molar-refractivity contribution is -0.167. The second-order valence-electron chi connectivity index (χ2n) is 18.5. The predicted octanol–water partition coefficient (Wildman–Crippen LogP) is 16.5. The van der Waals surface area contributed by atoms with E-state index in [9.17, 15) is 14.4 Å². The fourth-order valence-corrected chi connectivity index (χ4v) is 7.78. The van der Waals surface area contributed by atoms with Crippen molar-refractivity contribution in [3.8, 4) is 0 Å². The van der Waals surface area contributed by atoms with Gasteiger partial charge in [0.2, 0.25) is 0 Å². The third-order valence-corrected chi connectivity index (χ3v) is 12.1. The molecule has 0 saturated carbocycles. The van der Waals surface area contributed by atoms with Crippen LogP contribution in [0.1, 0.15) is 285 Å². The maximum Gasteiger partial charge on any atom is 0.306 e. The van der Waals surface area contributed by atoms with Gasteiger partial charge in [0.15, 0.2) is 6.10 Å². The molecule has 0 bridgehead atoms. The van der Waals surface area contributed by atoms with Gasteiger partial charge in [-0.15, -0.1) is 0 Å². The van der Waals surface area contributed by atoms with Crippen LogP contribution in [-0.4, -0.2) is 37.2 Å². The Morgan fingerprint density at radius 2 is 0.655 bits per heavy atom. The SMILES string of the molecule is CCCCCCCCCCCCCCCCC(=O)O[C@@H](COC(=O)CCCCCCCCCCCCCC(C)C)COC(=O)CCCCCCCCCCC(C)CC. The summed E-state index contributed by atoms with van der Waals surface area (Å²) in [6, 6.07) is 0. The molecule has 6 nitrogen and oxygen atoms in total. The Bertz CT molecular complexity index is 887. The van der Waals surface area contributed by atoms with Crippen molar-refractivity contribution in [2.24, 2.45) is 11.8 Å². The average Bonchev–Trinajstić information content (AvgIpc) is 3.21. The van der Waals surface area contributed by atoms with Crippen LogP contribution in [0.5, 0.6) is 0 Å². The standard InChI is InChI=1S/C52H100O6/c1-6-8-9-10-11-12-13-14-15-18-22-29-34-39-44-52(55)58-49(46-57-51(54)43-38-33-28-24-23-26-31-36-41-48(5)7-2)45-56-50(53)42-37-32-27-21-19-16-17-20-25-30-35-40-47(3)4/h47-49H,6-46H2,1-5H3/t48?,49-/m0/s1. The van der Waals surface area contributed by atoms with Gasteiger partial charge in [-0.3, -0.25) is 14.4 Å². The molecule has 1 unspecified atom stereocenters. The van der Waals surface area contributed by atoms with Crippen LogP contribution < -0.4 is 0 Å². The first-order valence-electron chi connectivity index (χ1n) is 25.8. The van der Waals surface area contributed by atoms with Crippen LogP contribution in [0.15, 0.2) is 0 Å². The molecule has 0 N–H and O–H groups in total. The molecule has 58 heavy (non-hydrogen) atoms. The molecule has 0 spiro atoms. The molecule has 6 heteroatoms. The molecule has 0 fully saturated rings. The van der Waals surface area contributed by atoms with E-state index in [4.69, 9.17) is 14.2 Å². The monoisotopic (exact) mass is 821 g/mol. The summed E-state index contributed by atoms with van der Waals surface area (Å²) in [6.07, 6.45) is 45.1. The molecule has 0 heterocycles. The highest BCUT2D eigenvalue weighted by molar-refractivity contribution is 5.71. The zero-order valence-electron chi connectivity index (χ0n) is 39.7. The van der Waals surface area contributed by atoms with Crippen molar-refractivity contribution in [2.45, 2.75) is 291 Å². The molecule has 0 aliphatic rings. The zero-order chi connectivity index (χ0) is 42.6. The Labute approximate surface area is 361 Å². The quantitative estimate of drug-likeness (QED) is 0.0346. The number of unbranched alkanes of at least 4 members (excludes halogenated alkanes) is 30. The van der Waals surface area contributed by atoms with E-state index >= 15 is 0 Å². The summed E-state index contributed by atoms with van der Waals surface area (Å²) < 4.78 is 16.8. The molecular formula is C52H100O6. The summed E-state index contributed by atoms with van der Waals surface area (Å²) in [5.74, 6) is 0.825. The first-order valence-corrected chi connectivity index (χ1v) is 25.8. The molecule has 2 atom stereocenters.